The van der Waals surface area contributed by atoms with Crippen LogP contribution in [0.4, 0.5) is 0 Å². The van der Waals surface area contributed by atoms with Crippen molar-refractivity contribution in [1.82, 2.24) is 25.2 Å². The second kappa shape index (κ2) is 9.47. The molecule has 2 amide bonds. The van der Waals surface area contributed by atoms with E-state index in [1.807, 2.05) is 25.3 Å². The van der Waals surface area contributed by atoms with E-state index in [0.717, 1.165) is 11.3 Å². The standard InChI is InChI=1S/C22H29N5O4/c1-15-6-7-16-12-20(15)31-11-10-27-13-17(24-25-27)4-3-5-21(28)23-18-14-26(22(16)29)9-8-19(18)30-2/h6-7,12-13,18-19H,3-5,8-11,14H2,1-2H3,(H,23,28)/t18-,19+/m0/s1. The number of nitrogens with zero attached hydrogens (tertiary/aromatic N) is 4. The van der Waals surface area contributed by atoms with Gasteiger partial charge in [0, 0.05) is 38.4 Å². The summed E-state index contributed by atoms with van der Waals surface area (Å²) in [6.07, 6.45) is 4.19. The van der Waals surface area contributed by atoms with Crippen molar-refractivity contribution in [3.05, 3.63) is 41.2 Å². The summed E-state index contributed by atoms with van der Waals surface area (Å²) < 4.78 is 13.3. The predicted molar refractivity (Wildman–Crippen MR) is 113 cm³/mol. The second-order valence-electron chi connectivity index (χ2n) is 8.14. The number of benzene rings is 1. The lowest BCUT2D eigenvalue weighted by Gasteiger charge is -2.38. The summed E-state index contributed by atoms with van der Waals surface area (Å²) in [5.41, 5.74) is 2.40. The van der Waals surface area contributed by atoms with Crippen LogP contribution in [0.2, 0.25) is 0 Å². The summed E-state index contributed by atoms with van der Waals surface area (Å²) in [6, 6.07) is 5.28. The number of fused-ring (bicyclic) bond motifs is 6. The summed E-state index contributed by atoms with van der Waals surface area (Å²) in [7, 11) is 1.65. The molecule has 9 nitrogen and oxygen atoms in total. The largest absolute Gasteiger partial charge is 0.491 e. The molecule has 2 atom stereocenters. The van der Waals surface area contributed by atoms with Crippen LogP contribution >= 0.6 is 0 Å². The van der Waals surface area contributed by atoms with Gasteiger partial charge in [-0.3, -0.25) is 9.59 Å². The first kappa shape index (κ1) is 21.3. The van der Waals surface area contributed by atoms with E-state index < -0.39 is 0 Å². The van der Waals surface area contributed by atoms with E-state index >= 15 is 0 Å². The molecular formula is C22H29N5O4. The highest BCUT2D eigenvalue weighted by atomic mass is 16.5. The fourth-order valence-corrected chi connectivity index (χ4v) is 4.13. The van der Waals surface area contributed by atoms with Crippen LogP contribution in [0.25, 0.3) is 0 Å². The Balaban J connectivity index is 1.59. The zero-order valence-corrected chi connectivity index (χ0v) is 18.0. The van der Waals surface area contributed by atoms with Gasteiger partial charge >= 0.3 is 0 Å². The summed E-state index contributed by atoms with van der Waals surface area (Å²) in [5.74, 6) is 0.575. The van der Waals surface area contributed by atoms with Gasteiger partial charge in [0.2, 0.25) is 5.91 Å². The molecule has 9 heteroatoms. The second-order valence-corrected chi connectivity index (χ2v) is 8.14. The first-order valence-electron chi connectivity index (χ1n) is 10.8. The van der Waals surface area contributed by atoms with Crippen LogP contribution in [-0.2, 0) is 22.5 Å². The molecule has 0 unspecified atom stereocenters. The number of carbonyl (C=O) groups is 2. The normalized spacial score (nSPS) is 22.8. The zero-order chi connectivity index (χ0) is 21.8. The lowest BCUT2D eigenvalue weighted by molar-refractivity contribution is -0.123. The molecule has 166 valence electrons. The van der Waals surface area contributed by atoms with Gasteiger partial charge in [-0.15, -0.1) is 5.10 Å². The third-order valence-corrected chi connectivity index (χ3v) is 5.92. The quantitative estimate of drug-likeness (QED) is 0.738. The maximum absolute atomic E-state index is 13.2. The Hall–Kier alpha value is -2.94. The molecule has 1 saturated heterocycles. The van der Waals surface area contributed by atoms with Crippen molar-refractivity contribution < 1.29 is 19.1 Å². The number of piperidine rings is 1. The smallest absolute Gasteiger partial charge is 0.254 e. The van der Waals surface area contributed by atoms with E-state index in [9.17, 15) is 9.59 Å². The van der Waals surface area contributed by atoms with Crippen molar-refractivity contribution >= 4 is 11.8 Å². The van der Waals surface area contributed by atoms with Crippen LogP contribution in [0.15, 0.2) is 24.4 Å². The van der Waals surface area contributed by atoms with Gasteiger partial charge < -0.3 is 19.7 Å². The number of aromatic nitrogens is 3. The molecule has 0 aliphatic carbocycles. The van der Waals surface area contributed by atoms with Crippen molar-refractivity contribution in [1.29, 1.82) is 0 Å². The molecule has 2 aliphatic rings. The minimum Gasteiger partial charge on any atom is -0.491 e. The molecule has 1 fully saturated rings. The van der Waals surface area contributed by atoms with Gasteiger partial charge in [0.15, 0.2) is 0 Å². The lowest BCUT2D eigenvalue weighted by atomic mass is 10.00. The number of hydrogen-bond donors (Lipinski definition) is 1. The molecule has 0 saturated carbocycles. The van der Waals surface area contributed by atoms with E-state index in [4.69, 9.17) is 9.47 Å². The fourth-order valence-electron chi connectivity index (χ4n) is 4.13. The first-order valence-corrected chi connectivity index (χ1v) is 10.8. The molecule has 0 spiro atoms. The molecular weight excluding hydrogens is 398 g/mol. The number of nitrogens with one attached hydrogen (secondary N) is 1. The third kappa shape index (κ3) is 5.04. The molecule has 2 aromatic rings. The molecule has 4 rings (SSSR count). The van der Waals surface area contributed by atoms with Crippen molar-refractivity contribution in [2.75, 3.05) is 26.8 Å². The number of amides is 2. The molecule has 2 aliphatic heterocycles. The van der Waals surface area contributed by atoms with E-state index in [2.05, 4.69) is 15.6 Å². The monoisotopic (exact) mass is 427 g/mol. The number of methoxy groups -OCH3 is 1. The number of rotatable bonds is 1. The lowest BCUT2D eigenvalue weighted by Crippen LogP contribution is -2.57. The maximum atomic E-state index is 13.2. The SMILES string of the molecule is CO[C@@H]1CCN2C[C@@H]1NC(=O)CCCc1cn(nn1)CCOc1cc(ccc1C)C2=O. The Morgan fingerprint density at radius 2 is 2.10 bits per heavy atom. The van der Waals surface area contributed by atoms with Crippen LogP contribution in [0.1, 0.15) is 40.9 Å². The molecule has 6 bridgehead atoms. The number of hydrogen-bond acceptors (Lipinski definition) is 6. The average Bonchev–Trinajstić information content (AvgIpc) is 3.21. The van der Waals surface area contributed by atoms with Crippen LogP contribution in [0, 0.1) is 6.92 Å². The summed E-state index contributed by atoms with van der Waals surface area (Å²) >= 11 is 0. The summed E-state index contributed by atoms with van der Waals surface area (Å²) in [6.45, 7) is 3.93. The Morgan fingerprint density at radius 1 is 1.23 bits per heavy atom. The summed E-state index contributed by atoms with van der Waals surface area (Å²) in [4.78, 5) is 27.5. The van der Waals surface area contributed by atoms with Gasteiger partial charge in [-0.2, -0.15) is 0 Å². The van der Waals surface area contributed by atoms with Crippen LogP contribution in [-0.4, -0.2) is 70.7 Å². The highest BCUT2D eigenvalue weighted by Crippen LogP contribution is 2.23. The number of carbonyl (C=O) groups excluding carboxylic acids is 2. The molecule has 1 aromatic carbocycles. The molecule has 0 radical (unpaired) electrons. The highest BCUT2D eigenvalue weighted by molar-refractivity contribution is 5.95. The first-order chi connectivity index (χ1) is 15.0. The van der Waals surface area contributed by atoms with Crippen LogP contribution < -0.4 is 10.1 Å². The number of aryl methyl sites for hydroxylation is 2. The van der Waals surface area contributed by atoms with E-state index in [1.54, 1.807) is 22.8 Å². The Kier molecular flexibility index (Phi) is 6.50. The van der Waals surface area contributed by atoms with Crippen molar-refractivity contribution in [3.8, 4) is 5.75 Å². The average molecular weight is 428 g/mol. The van der Waals surface area contributed by atoms with Crippen LogP contribution in [0.5, 0.6) is 5.75 Å². The minimum atomic E-state index is -0.240. The van der Waals surface area contributed by atoms with Gasteiger partial charge in [-0.05, 0) is 43.9 Å². The van der Waals surface area contributed by atoms with Gasteiger partial charge in [0.05, 0.1) is 24.4 Å². The topological polar surface area (TPSA) is 98.6 Å². The van der Waals surface area contributed by atoms with E-state index in [-0.39, 0.29) is 24.0 Å². The van der Waals surface area contributed by atoms with Crippen molar-refractivity contribution in [3.63, 3.8) is 0 Å². The van der Waals surface area contributed by atoms with E-state index in [1.165, 1.54) is 0 Å². The van der Waals surface area contributed by atoms with Gasteiger partial charge in [-0.25, -0.2) is 4.68 Å². The highest BCUT2D eigenvalue weighted by Gasteiger charge is 2.33. The van der Waals surface area contributed by atoms with Gasteiger partial charge in [-0.1, -0.05) is 11.3 Å². The number of ether oxygens (including phenoxy) is 2. The third-order valence-electron chi connectivity index (χ3n) is 5.92. The maximum Gasteiger partial charge on any atom is 0.254 e. The fraction of sp³-hybridized carbons (Fsp3) is 0.545. The molecule has 1 N–H and O–H groups in total. The Morgan fingerprint density at radius 3 is 2.94 bits per heavy atom. The van der Waals surface area contributed by atoms with Crippen molar-refractivity contribution in [2.45, 2.75) is 51.3 Å². The van der Waals surface area contributed by atoms with Crippen molar-refractivity contribution in [2.24, 2.45) is 0 Å². The van der Waals surface area contributed by atoms with Gasteiger partial charge in [0.25, 0.3) is 5.91 Å². The zero-order valence-electron chi connectivity index (χ0n) is 18.0. The van der Waals surface area contributed by atoms with Gasteiger partial charge in [0.1, 0.15) is 12.4 Å². The minimum absolute atomic E-state index is 0.0409. The predicted octanol–water partition coefficient (Wildman–Crippen LogP) is 1.35. The van der Waals surface area contributed by atoms with Crippen LogP contribution in [0.3, 0.4) is 0 Å². The Labute approximate surface area is 181 Å². The molecule has 1 aromatic heterocycles. The molecule has 31 heavy (non-hydrogen) atoms. The Bertz CT molecular complexity index is 944. The van der Waals surface area contributed by atoms with E-state index in [0.29, 0.717) is 63.2 Å². The summed E-state index contributed by atoms with van der Waals surface area (Å²) in [5, 5.41) is 11.4. The molecule has 3 heterocycles.